The van der Waals surface area contributed by atoms with Crippen molar-refractivity contribution in [3.63, 3.8) is 0 Å². The third-order valence-corrected chi connectivity index (χ3v) is 8.27. The first-order chi connectivity index (χ1) is 19.1. The van der Waals surface area contributed by atoms with E-state index in [0.717, 1.165) is 22.6 Å². The standard InChI is InChI=1S/C30H27N7O2/c1-2-26(38)35-13-11-23-27-24(37(34-23)21-8-5-19(6-9-21)18-3-4-18)12-14-36(25(27)16-35)30(39)22-10-7-20(15-31)28-29(22)33-17-32-28/h2,5-10,17-18,25H,1,3-4,11-14,16H2,(H,32,33)/t25-/m0/s1. The van der Waals surface area contributed by atoms with Crippen molar-refractivity contribution in [1.82, 2.24) is 29.5 Å². The largest absolute Gasteiger partial charge is 0.343 e. The van der Waals surface area contributed by atoms with Gasteiger partial charge in [0.1, 0.15) is 11.6 Å². The summed E-state index contributed by atoms with van der Waals surface area (Å²) in [5.41, 5.74) is 7.34. The number of benzene rings is 2. The number of amides is 2. The summed E-state index contributed by atoms with van der Waals surface area (Å²) in [4.78, 5) is 37.8. The number of hydrogen-bond donors (Lipinski definition) is 1. The molecule has 1 N–H and O–H groups in total. The molecule has 1 atom stereocenters. The van der Waals surface area contributed by atoms with Crippen molar-refractivity contribution in [2.24, 2.45) is 0 Å². The van der Waals surface area contributed by atoms with Crippen LogP contribution in [0.3, 0.4) is 0 Å². The van der Waals surface area contributed by atoms with Crippen LogP contribution < -0.4 is 0 Å². The Labute approximate surface area is 225 Å². The van der Waals surface area contributed by atoms with Crippen LogP contribution >= 0.6 is 0 Å². The number of carbonyl (C=O) groups is 2. The molecule has 0 unspecified atom stereocenters. The van der Waals surface area contributed by atoms with Crippen LogP contribution in [-0.2, 0) is 17.6 Å². The van der Waals surface area contributed by atoms with Gasteiger partial charge in [0, 0.05) is 38.0 Å². The fraction of sp³-hybridized carbons (Fsp3) is 0.300. The van der Waals surface area contributed by atoms with E-state index in [1.54, 1.807) is 17.0 Å². The molecule has 0 saturated heterocycles. The quantitative estimate of drug-likeness (QED) is 0.414. The lowest BCUT2D eigenvalue weighted by atomic mass is 9.94. The zero-order valence-corrected chi connectivity index (χ0v) is 21.4. The summed E-state index contributed by atoms with van der Waals surface area (Å²) >= 11 is 0. The van der Waals surface area contributed by atoms with E-state index in [2.05, 4.69) is 46.9 Å². The molecule has 9 heteroatoms. The number of aromatic nitrogens is 4. The molecule has 2 aromatic carbocycles. The van der Waals surface area contributed by atoms with Crippen LogP contribution in [0.1, 0.15) is 63.2 Å². The third kappa shape index (κ3) is 3.75. The Hall–Kier alpha value is -4.71. The summed E-state index contributed by atoms with van der Waals surface area (Å²) in [7, 11) is 0. The van der Waals surface area contributed by atoms with Crippen LogP contribution in [0.4, 0.5) is 0 Å². The van der Waals surface area contributed by atoms with Gasteiger partial charge in [0.15, 0.2) is 0 Å². The van der Waals surface area contributed by atoms with Crippen LogP contribution in [-0.4, -0.2) is 61.0 Å². The Morgan fingerprint density at radius 3 is 2.67 bits per heavy atom. The predicted octanol–water partition coefficient (Wildman–Crippen LogP) is 3.81. The summed E-state index contributed by atoms with van der Waals surface area (Å²) in [6.07, 6.45) is 6.60. The van der Waals surface area contributed by atoms with Crippen molar-refractivity contribution < 1.29 is 9.59 Å². The molecule has 4 heterocycles. The Morgan fingerprint density at radius 1 is 1.10 bits per heavy atom. The van der Waals surface area contributed by atoms with E-state index < -0.39 is 0 Å². The SMILES string of the molecule is C=CC(=O)N1CCc2nn(-c3ccc(C4CC4)cc3)c3c2[C@H](C1)N(C(=O)c1ccc(C#N)c2[nH]cnc12)CC3. The molecule has 0 bridgehead atoms. The molecule has 2 amide bonds. The molecule has 7 rings (SSSR count). The van der Waals surface area contributed by atoms with E-state index in [0.29, 0.717) is 60.6 Å². The smallest absolute Gasteiger partial charge is 0.256 e. The first kappa shape index (κ1) is 23.4. The Balaban J connectivity index is 1.31. The molecule has 0 spiro atoms. The van der Waals surface area contributed by atoms with Gasteiger partial charge in [0.2, 0.25) is 5.91 Å². The Kier molecular flexibility index (Phi) is 5.37. The van der Waals surface area contributed by atoms with Crippen molar-refractivity contribution in [2.75, 3.05) is 19.6 Å². The molecule has 1 aliphatic carbocycles. The maximum atomic E-state index is 14.1. The molecule has 1 fully saturated rings. The van der Waals surface area contributed by atoms with Crippen molar-refractivity contribution in [2.45, 2.75) is 37.6 Å². The normalized spacial score (nSPS) is 18.4. The van der Waals surface area contributed by atoms with Crippen molar-refractivity contribution >= 4 is 22.8 Å². The molecular formula is C30H27N7O2. The second-order valence-electron chi connectivity index (χ2n) is 10.5. The molecule has 9 nitrogen and oxygen atoms in total. The molecule has 4 aromatic rings. The van der Waals surface area contributed by atoms with E-state index in [1.807, 2.05) is 9.58 Å². The molecule has 39 heavy (non-hydrogen) atoms. The van der Waals surface area contributed by atoms with Gasteiger partial charge in [-0.3, -0.25) is 9.59 Å². The Morgan fingerprint density at radius 2 is 1.92 bits per heavy atom. The van der Waals surface area contributed by atoms with Crippen LogP contribution in [0.5, 0.6) is 0 Å². The van der Waals surface area contributed by atoms with Crippen molar-refractivity contribution in [3.8, 4) is 11.8 Å². The van der Waals surface area contributed by atoms with Gasteiger partial charge in [-0.2, -0.15) is 10.4 Å². The van der Waals surface area contributed by atoms with Gasteiger partial charge in [0.05, 0.1) is 46.1 Å². The lowest BCUT2D eigenvalue weighted by molar-refractivity contribution is -0.126. The number of nitrogens with zero attached hydrogens (tertiary/aromatic N) is 6. The molecule has 0 radical (unpaired) electrons. The molecule has 1 saturated carbocycles. The molecular weight excluding hydrogens is 490 g/mol. The van der Waals surface area contributed by atoms with Gasteiger partial charge < -0.3 is 14.8 Å². The highest BCUT2D eigenvalue weighted by molar-refractivity contribution is 6.06. The molecule has 2 aliphatic heterocycles. The van der Waals surface area contributed by atoms with Gasteiger partial charge in [-0.15, -0.1) is 0 Å². The summed E-state index contributed by atoms with van der Waals surface area (Å²) < 4.78 is 2.04. The zero-order valence-electron chi connectivity index (χ0n) is 21.4. The van der Waals surface area contributed by atoms with Gasteiger partial charge in [-0.1, -0.05) is 18.7 Å². The highest BCUT2D eigenvalue weighted by Gasteiger charge is 2.40. The van der Waals surface area contributed by atoms with E-state index in [4.69, 9.17) is 5.10 Å². The topological polar surface area (TPSA) is 111 Å². The lowest BCUT2D eigenvalue weighted by Crippen LogP contribution is -2.45. The number of nitriles is 1. The Bertz CT molecular complexity index is 1690. The molecule has 3 aliphatic rings. The van der Waals surface area contributed by atoms with E-state index in [-0.39, 0.29) is 17.9 Å². The zero-order chi connectivity index (χ0) is 26.7. The predicted molar refractivity (Wildman–Crippen MR) is 144 cm³/mol. The average molecular weight is 518 g/mol. The van der Waals surface area contributed by atoms with Crippen LogP contribution in [0.25, 0.3) is 16.7 Å². The molecule has 194 valence electrons. The molecule has 2 aromatic heterocycles. The highest BCUT2D eigenvalue weighted by Crippen LogP contribution is 2.41. The van der Waals surface area contributed by atoms with E-state index >= 15 is 0 Å². The van der Waals surface area contributed by atoms with Crippen LogP contribution in [0, 0.1) is 11.3 Å². The number of imidazole rings is 1. The highest BCUT2D eigenvalue weighted by atomic mass is 16.2. The second kappa shape index (κ2) is 8.95. The number of fused-ring (bicyclic) bond motifs is 1. The number of carbonyl (C=O) groups excluding carboxylic acids is 2. The average Bonchev–Trinajstić information content (AvgIpc) is 3.64. The number of aromatic amines is 1. The summed E-state index contributed by atoms with van der Waals surface area (Å²) in [5.74, 6) is 0.358. The van der Waals surface area contributed by atoms with Gasteiger partial charge in [0.25, 0.3) is 5.91 Å². The van der Waals surface area contributed by atoms with E-state index in [9.17, 15) is 14.9 Å². The minimum Gasteiger partial charge on any atom is -0.343 e. The second-order valence-corrected chi connectivity index (χ2v) is 10.5. The maximum Gasteiger partial charge on any atom is 0.256 e. The summed E-state index contributed by atoms with van der Waals surface area (Å²) in [6, 6.07) is 13.8. The fourth-order valence-electron chi connectivity index (χ4n) is 6.14. The first-order valence-corrected chi connectivity index (χ1v) is 13.4. The minimum atomic E-state index is -0.355. The minimum absolute atomic E-state index is 0.156. The van der Waals surface area contributed by atoms with Crippen LogP contribution in [0.15, 0.2) is 55.4 Å². The van der Waals surface area contributed by atoms with Crippen molar-refractivity contribution in [3.05, 3.63) is 89.0 Å². The monoisotopic (exact) mass is 517 g/mol. The van der Waals surface area contributed by atoms with Gasteiger partial charge >= 0.3 is 0 Å². The fourth-order valence-corrected chi connectivity index (χ4v) is 6.14. The lowest BCUT2D eigenvalue weighted by Gasteiger charge is -2.38. The number of hydrogen-bond acceptors (Lipinski definition) is 5. The summed E-state index contributed by atoms with van der Waals surface area (Å²) in [6.45, 7) is 5.03. The number of nitrogens with one attached hydrogen (secondary N) is 1. The third-order valence-electron chi connectivity index (χ3n) is 8.27. The van der Waals surface area contributed by atoms with E-state index in [1.165, 1.54) is 30.8 Å². The van der Waals surface area contributed by atoms with Gasteiger partial charge in [-0.05, 0) is 54.7 Å². The first-order valence-electron chi connectivity index (χ1n) is 13.4. The van der Waals surface area contributed by atoms with Crippen molar-refractivity contribution in [1.29, 1.82) is 5.26 Å². The summed E-state index contributed by atoms with van der Waals surface area (Å²) in [5, 5.41) is 14.5. The number of rotatable bonds is 4. The van der Waals surface area contributed by atoms with Crippen LogP contribution in [0.2, 0.25) is 0 Å². The van der Waals surface area contributed by atoms with Gasteiger partial charge in [-0.25, -0.2) is 9.67 Å². The number of H-pyrrole nitrogens is 1. The maximum absolute atomic E-state index is 14.1.